The van der Waals surface area contributed by atoms with Crippen LogP contribution in [0.3, 0.4) is 0 Å². The fraction of sp³-hybridized carbons (Fsp3) is 0.278. The minimum Gasteiger partial charge on any atom is -0.368 e. The number of amides is 1. The molecule has 0 aliphatic heterocycles. The molecule has 1 amide bonds. The van der Waals surface area contributed by atoms with E-state index in [-0.39, 0.29) is 18.0 Å². The summed E-state index contributed by atoms with van der Waals surface area (Å²) in [6.07, 6.45) is 0. The number of sulfonamides is 1. The van der Waals surface area contributed by atoms with Crippen molar-refractivity contribution in [2.75, 3.05) is 13.1 Å². The van der Waals surface area contributed by atoms with Gasteiger partial charge in [-0.25, -0.2) is 13.1 Å². The van der Waals surface area contributed by atoms with E-state index in [1.807, 2.05) is 31.2 Å². The lowest BCUT2D eigenvalue weighted by molar-refractivity contribution is -0.120. The average Bonchev–Trinajstić information content (AvgIpc) is 2.57. The van der Waals surface area contributed by atoms with Crippen LogP contribution in [0.5, 0.6) is 0 Å². The Hall–Kier alpha value is -2.22. The maximum Gasteiger partial charge on any atom is 0.240 e. The Morgan fingerprint density at radius 3 is 2.40 bits per heavy atom. The van der Waals surface area contributed by atoms with E-state index in [0.717, 1.165) is 11.1 Å². The number of carbonyl (C=O) groups is 1. The van der Waals surface area contributed by atoms with Gasteiger partial charge in [0, 0.05) is 13.1 Å². The van der Waals surface area contributed by atoms with Gasteiger partial charge in [-0.1, -0.05) is 42.5 Å². The standard InChI is InChI=1S/C18H23N3O3S/c1-13-8-9-14(2)16(12-13)25(23,24)21-11-10-20-17(18(19)22)15-6-4-3-5-7-15/h3-9,12,17,20-21H,10-11H2,1-2H3,(H2,19,22). The second-order valence-corrected chi connectivity index (χ2v) is 7.60. The lowest BCUT2D eigenvalue weighted by Crippen LogP contribution is -2.38. The molecular weight excluding hydrogens is 338 g/mol. The molecule has 1 atom stereocenters. The zero-order valence-corrected chi connectivity index (χ0v) is 15.1. The monoisotopic (exact) mass is 361 g/mol. The van der Waals surface area contributed by atoms with Crippen molar-refractivity contribution in [3.05, 3.63) is 65.2 Å². The second-order valence-electron chi connectivity index (χ2n) is 5.87. The van der Waals surface area contributed by atoms with Crippen molar-refractivity contribution in [3.8, 4) is 0 Å². The highest BCUT2D eigenvalue weighted by molar-refractivity contribution is 7.89. The molecule has 0 aliphatic carbocycles. The SMILES string of the molecule is Cc1ccc(C)c(S(=O)(=O)NCCNC(C(N)=O)c2ccccc2)c1. The molecule has 7 heteroatoms. The van der Waals surface area contributed by atoms with Crippen LogP contribution in [-0.4, -0.2) is 27.4 Å². The molecule has 1 unspecified atom stereocenters. The number of nitrogens with one attached hydrogen (secondary N) is 2. The molecule has 6 nitrogen and oxygen atoms in total. The van der Waals surface area contributed by atoms with Crippen molar-refractivity contribution in [3.63, 3.8) is 0 Å². The van der Waals surface area contributed by atoms with E-state index in [1.54, 1.807) is 31.2 Å². The summed E-state index contributed by atoms with van der Waals surface area (Å²) in [6, 6.07) is 13.7. The third kappa shape index (κ3) is 5.12. The van der Waals surface area contributed by atoms with Crippen molar-refractivity contribution in [2.45, 2.75) is 24.8 Å². The predicted molar refractivity (Wildman–Crippen MR) is 97.5 cm³/mol. The summed E-state index contributed by atoms with van der Waals surface area (Å²) in [7, 11) is -3.60. The van der Waals surface area contributed by atoms with Gasteiger partial charge in [0.1, 0.15) is 6.04 Å². The van der Waals surface area contributed by atoms with Crippen molar-refractivity contribution >= 4 is 15.9 Å². The molecule has 0 bridgehead atoms. The van der Waals surface area contributed by atoms with Crippen LogP contribution in [-0.2, 0) is 14.8 Å². The molecule has 2 rings (SSSR count). The Balaban J connectivity index is 1.97. The van der Waals surface area contributed by atoms with Crippen LogP contribution in [0.1, 0.15) is 22.7 Å². The van der Waals surface area contributed by atoms with Crippen LogP contribution < -0.4 is 15.8 Å². The van der Waals surface area contributed by atoms with E-state index in [0.29, 0.717) is 5.56 Å². The smallest absolute Gasteiger partial charge is 0.240 e. The molecule has 134 valence electrons. The van der Waals surface area contributed by atoms with E-state index in [9.17, 15) is 13.2 Å². The third-order valence-electron chi connectivity index (χ3n) is 3.82. The Morgan fingerprint density at radius 1 is 1.08 bits per heavy atom. The summed E-state index contributed by atoms with van der Waals surface area (Å²) in [4.78, 5) is 11.9. The van der Waals surface area contributed by atoms with Gasteiger partial charge in [-0.3, -0.25) is 4.79 Å². The van der Waals surface area contributed by atoms with Crippen molar-refractivity contribution < 1.29 is 13.2 Å². The number of primary amides is 1. The molecule has 0 aliphatic rings. The van der Waals surface area contributed by atoms with Gasteiger partial charge in [-0.05, 0) is 36.6 Å². The Bertz CT molecular complexity index is 836. The number of rotatable bonds is 8. The average molecular weight is 361 g/mol. The molecule has 4 N–H and O–H groups in total. The first-order valence-electron chi connectivity index (χ1n) is 7.96. The van der Waals surface area contributed by atoms with E-state index in [2.05, 4.69) is 10.0 Å². The van der Waals surface area contributed by atoms with Crippen LogP contribution >= 0.6 is 0 Å². The maximum absolute atomic E-state index is 12.4. The quantitative estimate of drug-likeness (QED) is 0.619. The van der Waals surface area contributed by atoms with Gasteiger partial charge in [0.15, 0.2) is 0 Å². The normalized spacial score (nSPS) is 12.7. The minimum atomic E-state index is -3.60. The molecule has 25 heavy (non-hydrogen) atoms. The molecule has 0 heterocycles. The predicted octanol–water partition coefficient (Wildman–Crippen LogP) is 1.40. The number of hydrogen-bond donors (Lipinski definition) is 3. The first-order valence-corrected chi connectivity index (χ1v) is 9.44. The molecule has 0 saturated heterocycles. The molecule has 2 aromatic carbocycles. The third-order valence-corrected chi connectivity index (χ3v) is 5.42. The zero-order chi connectivity index (χ0) is 18.4. The Kier molecular flexibility index (Phi) is 6.30. The van der Waals surface area contributed by atoms with E-state index in [4.69, 9.17) is 5.73 Å². The first kappa shape index (κ1) is 19.1. The van der Waals surface area contributed by atoms with Crippen LogP contribution in [0, 0.1) is 13.8 Å². The molecular formula is C18H23N3O3S. The summed E-state index contributed by atoms with van der Waals surface area (Å²) in [6.45, 7) is 4.01. The number of aryl methyl sites for hydroxylation is 2. The summed E-state index contributed by atoms with van der Waals surface area (Å²) < 4.78 is 27.4. The molecule has 0 radical (unpaired) electrons. The topological polar surface area (TPSA) is 101 Å². The highest BCUT2D eigenvalue weighted by Gasteiger charge is 2.19. The summed E-state index contributed by atoms with van der Waals surface area (Å²) in [5.74, 6) is -0.511. The van der Waals surface area contributed by atoms with Crippen molar-refractivity contribution in [1.29, 1.82) is 0 Å². The van der Waals surface area contributed by atoms with Crippen LogP contribution in [0.15, 0.2) is 53.4 Å². The first-order chi connectivity index (χ1) is 11.8. The van der Waals surface area contributed by atoms with Gasteiger partial charge in [0.25, 0.3) is 0 Å². The lowest BCUT2D eigenvalue weighted by Gasteiger charge is -2.16. The highest BCUT2D eigenvalue weighted by Crippen LogP contribution is 2.16. The lowest BCUT2D eigenvalue weighted by atomic mass is 10.1. The minimum absolute atomic E-state index is 0.145. The number of carbonyl (C=O) groups excluding carboxylic acids is 1. The van der Waals surface area contributed by atoms with Gasteiger partial charge in [0.2, 0.25) is 15.9 Å². The van der Waals surface area contributed by atoms with Crippen LogP contribution in [0.4, 0.5) is 0 Å². The summed E-state index contributed by atoms with van der Waals surface area (Å²) in [5, 5.41) is 2.98. The van der Waals surface area contributed by atoms with E-state index >= 15 is 0 Å². The fourth-order valence-electron chi connectivity index (χ4n) is 2.50. The van der Waals surface area contributed by atoms with Crippen molar-refractivity contribution in [1.82, 2.24) is 10.0 Å². The Morgan fingerprint density at radius 2 is 1.76 bits per heavy atom. The molecule has 2 aromatic rings. The van der Waals surface area contributed by atoms with Gasteiger partial charge in [-0.15, -0.1) is 0 Å². The number of benzene rings is 2. The molecule has 0 fully saturated rings. The second kappa shape index (κ2) is 8.24. The molecule has 0 saturated carbocycles. The number of hydrogen-bond acceptors (Lipinski definition) is 4. The zero-order valence-electron chi connectivity index (χ0n) is 14.3. The van der Waals surface area contributed by atoms with Gasteiger partial charge in [-0.2, -0.15) is 0 Å². The van der Waals surface area contributed by atoms with Gasteiger partial charge >= 0.3 is 0 Å². The molecule has 0 spiro atoms. The largest absolute Gasteiger partial charge is 0.368 e. The number of nitrogens with two attached hydrogens (primary N) is 1. The summed E-state index contributed by atoms with van der Waals surface area (Å²) >= 11 is 0. The van der Waals surface area contributed by atoms with E-state index < -0.39 is 22.0 Å². The highest BCUT2D eigenvalue weighted by atomic mass is 32.2. The van der Waals surface area contributed by atoms with Crippen LogP contribution in [0.2, 0.25) is 0 Å². The Labute approximate surface area is 148 Å². The van der Waals surface area contributed by atoms with Crippen LogP contribution in [0.25, 0.3) is 0 Å². The van der Waals surface area contributed by atoms with E-state index in [1.165, 1.54) is 0 Å². The van der Waals surface area contributed by atoms with Gasteiger partial charge < -0.3 is 11.1 Å². The molecule has 0 aromatic heterocycles. The van der Waals surface area contributed by atoms with Crippen molar-refractivity contribution in [2.24, 2.45) is 5.73 Å². The van der Waals surface area contributed by atoms with Gasteiger partial charge in [0.05, 0.1) is 4.90 Å². The maximum atomic E-state index is 12.4. The fourth-order valence-corrected chi connectivity index (χ4v) is 3.86. The summed E-state index contributed by atoms with van der Waals surface area (Å²) in [5.41, 5.74) is 7.73.